The predicted molar refractivity (Wildman–Crippen MR) is 362 cm³/mol. The number of furan rings is 2. The van der Waals surface area contributed by atoms with E-state index in [-0.39, 0.29) is 13.4 Å². The minimum Gasteiger partial charge on any atom is -0.458 e. The summed E-state index contributed by atoms with van der Waals surface area (Å²) in [5.41, 5.74) is 22.0. The van der Waals surface area contributed by atoms with Crippen LogP contribution in [0.3, 0.4) is 0 Å². The number of fused-ring (bicyclic) bond motifs is 16. The molecule has 0 fully saturated rings. The number of hydrogen-bond donors (Lipinski definition) is 0. The number of rotatable bonds is 8. The fourth-order valence-corrected chi connectivity index (χ4v) is 14.6. The van der Waals surface area contributed by atoms with Gasteiger partial charge in [0.2, 0.25) is 0 Å². The van der Waals surface area contributed by atoms with E-state index >= 15 is 0 Å². The highest BCUT2D eigenvalue weighted by Crippen LogP contribution is 2.51. The molecular formula is C78H48B2N4O4. The van der Waals surface area contributed by atoms with Gasteiger partial charge in [-0.05, 0) is 143 Å². The van der Waals surface area contributed by atoms with Gasteiger partial charge in [-0.1, -0.05) is 152 Å². The molecule has 10 heteroatoms. The molecule has 410 valence electrons. The zero-order valence-corrected chi connectivity index (χ0v) is 47.3. The van der Waals surface area contributed by atoms with Crippen LogP contribution in [0.25, 0.3) is 43.9 Å². The van der Waals surface area contributed by atoms with Gasteiger partial charge in [-0.2, -0.15) is 0 Å². The van der Waals surface area contributed by atoms with Crippen LogP contribution < -0.4 is 61.9 Å². The van der Waals surface area contributed by atoms with E-state index in [2.05, 4.69) is 311 Å². The summed E-state index contributed by atoms with van der Waals surface area (Å²) < 4.78 is 29.6. The third-order valence-corrected chi connectivity index (χ3v) is 18.3. The van der Waals surface area contributed by atoms with E-state index in [1.807, 2.05) is 0 Å². The Morgan fingerprint density at radius 3 is 1.01 bits per heavy atom. The highest BCUT2D eigenvalue weighted by Gasteiger charge is 2.48. The summed E-state index contributed by atoms with van der Waals surface area (Å²) in [5, 5.41) is 3.94. The van der Waals surface area contributed by atoms with Crippen LogP contribution in [0.5, 0.6) is 23.0 Å². The molecule has 15 aromatic rings. The van der Waals surface area contributed by atoms with Crippen molar-refractivity contribution in [2.45, 2.75) is 0 Å². The molecule has 0 radical (unpaired) electrons. The smallest absolute Gasteiger partial charge is 0.256 e. The number of para-hydroxylation sites is 8. The molecule has 88 heavy (non-hydrogen) atoms. The maximum atomic E-state index is 7.46. The summed E-state index contributed by atoms with van der Waals surface area (Å²) in [7, 11) is 0. The second-order valence-corrected chi connectivity index (χ2v) is 23.1. The Morgan fingerprint density at radius 2 is 0.625 bits per heavy atom. The van der Waals surface area contributed by atoms with Crippen LogP contribution in [0.2, 0.25) is 0 Å². The van der Waals surface area contributed by atoms with E-state index in [4.69, 9.17) is 18.3 Å². The molecule has 8 nitrogen and oxygen atoms in total. The van der Waals surface area contributed by atoms with Crippen LogP contribution in [-0.4, -0.2) is 13.4 Å². The Kier molecular flexibility index (Phi) is 10.5. The highest BCUT2D eigenvalue weighted by atomic mass is 16.5. The average Bonchev–Trinajstić information content (AvgIpc) is 1.33. The van der Waals surface area contributed by atoms with Crippen LogP contribution in [0.15, 0.2) is 300 Å². The number of ether oxygens (including phenoxy) is 2. The van der Waals surface area contributed by atoms with Crippen molar-refractivity contribution >= 4 is 158 Å². The lowest BCUT2D eigenvalue weighted by atomic mass is 9.31. The Labute approximate surface area is 507 Å². The van der Waals surface area contributed by atoms with E-state index in [0.717, 1.165) is 157 Å². The summed E-state index contributed by atoms with van der Waals surface area (Å²) in [6.45, 7) is -0.483. The first-order chi connectivity index (χ1) is 43.7. The van der Waals surface area contributed by atoms with Gasteiger partial charge in [-0.25, -0.2) is 0 Å². The average molecular weight is 1130 g/mol. The van der Waals surface area contributed by atoms with E-state index < -0.39 is 0 Å². The quantitative estimate of drug-likeness (QED) is 0.140. The van der Waals surface area contributed by atoms with E-state index in [9.17, 15) is 0 Å². The van der Waals surface area contributed by atoms with Gasteiger partial charge in [0, 0.05) is 108 Å². The lowest BCUT2D eigenvalue weighted by molar-refractivity contribution is 0.466. The maximum Gasteiger partial charge on any atom is 0.256 e. The molecule has 0 N–H and O–H groups in total. The van der Waals surface area contributed by atoms with Crippen LogP contribution in [-0.2, 0) is 0 Å². The molecule has 13 aromatic carbocycles. The van der Waals surface area contributed by atoms with Gasteiger partial charge in [0.1, 0.15) is 34.2 Å². The molecule has 0 unspecified atom stereocenters. The fraction of sp³-hybridized carbons (Fsp3) is 0. The molecule has 0 amide bonds. The fourth-order valence-electron chi connectivity index (χ4n) is 14.6. The predicted octanol–water partition coefficient (Wildman–Crippen LogP) is 17.2. The lowest BCUT2D eigenvalue weighted by Gasteiger charge is -2.42. The highest BCUT2D eigenvalue weighted by molar-refractivity contribution is 7.02. The van der Waals surface area contributed by atoms with E-state index in [0.29, 0.717) is 0 Å². The third kappa shape index (κ3) is 7.17. The largest absolute Gasteiger partial charge is 0.458 e. The maximum absolute atomic E-state index is 7.46. The van der Waals surface area contributed by atoms with Crippen molar-refractivity contribution in [2.75, 3.05) is 19.6 Å². The molecule has 0 aliphatic carbocycles. The van der Waals surface area contributed by atoms with E-state index in [1.165, 1.54) is 10.9 Å². The van der Waals surface area contributed by atoms with Gasteiger partial charge in [0.05, 0.1) is 11.4 Å². The van der Waals surface area contributed by atoms with Crippen molar-refractivity contribution in [3.05, 3.63) is 291 Å². The Bertz CT molecular complexity index is 4910. The summed E-state index contributed by atoms with van der Waals surface area (Å²) in [6, 6.07) is 103. The van der Waals surface area contributed by atoms with Crippen molar-refractivity contribution in [3.8, 4) is 23.0 Å². The standard InChI is InChI=1S/C78H48B2N4O4/c1-7-23-49(24-8-1)81(50-25-9-2-10-26-50)55-39-41-57-59-45-71-73-75(77(59)87-67(57)43-55)83(53-31-15-5-16-32-53)65-37-21-19-35-61(65)79(73)63-47-64-70(48-69(63)85-71)86-72-46-60-58-42-40-56(82(51-27-11-3-12-28-51)52-29-13-4-14-30-52)44-68(58)88-78(60)76-74(72)80(64)62-36-20-22-38-66(62)84(76)54-33-17-6-18-34-54/h1-48H. The zero-order valence-electron chi connectivity index (χ0n) is 47.3. The van der Waals surface area contributed by atoms with Gasteiger partial charge < -0.3 is 37.9 Å². The van der Waals surface area contributed by atoms with Gasteiger partial charge >= 0.3 is 0 Å². The van der Waals surface area contributed by atoms with Crippen LogP contribution in [0, 0.1) is 0 Å². The molecule has 19 rings (SSSR count). The molecular weight excluding hydrogens is 1080 g/mol. The second-order valence-electron chi connectivity index (χ2n) is 23.1. The van der Waals surface area contributed by atoms with Crippen LogP contribution in [0.4, 0.5) is 68.2 Å². The van der Waals surface area contributed by atoms with Crippen molar-refractivity contribution in [2.24, 2.45) is 0 Å². The Hall–Kier alpha value is -11.6. The molecule has 0 atom stereocenters. The monoisotopic (exact) mass is 1130 g/mol. The third-order valence-electron chi connectivity index (χ3n) is 18.3. The summed E-state index contributed by atoms with van der Waals surface area (Å²) in [4.78, 5) is 9.32. The number of benzene rings is 13. The van der Waals surface area contributed by atoms with E-state index in [1.54, 1.807) is 0 Å². The molecule has 4 aliphatic heterocycles. The molecule has 4 aliphatic rings. The number of hydrogen-bond acceptors (Lipinski definition) is 8. The Balaban J connectivity index is 0.824. The topological polar surface area (TPSA) is 57.7 Å². The first-order valence-corrected chi connectivity index (χ1v) is 30.0. The minimum atomic E-state index is -0.242. The SMILES string of the molecule is c1ccc(N(c2ccccc2)c2ccc3c(c2)oc2c4c5c(cc23)Oc2cc3c(cc2B5c2ccccc2N4c2ccccc2)B2c4ccccc4N(c4ccccc4)c4c2c(cc2c4oc4cc(N(c5ccccc5)c5ccccc5)ccc42)O3)cc1. The number of anilines is 12. The lowest BCUT2D eigenvalue weighted by Crippen LogP contribution is -2.63. The van der Waals surface area contributed by atoms with Crippen molar-refractivity contribution in [3.63, 3.8) is 0 Å². The van der Waals surface area contributed by atoms with Gasteiger partial charge in [0.25, 0.3) is 13.4 Å². The van der Waals surface area contributed by atoms with Crippen LogP contribution in [0.1, 0.15) is 0 Å². The summed E-state index contributed by atoms with van der Waals surface area (Å²) >= 11 is 0. The van der Waals surface area contributed by atoms with Gasteiger partial charge in [0.15, 0.2) is 11.2 Å². The normalized spacial score (nSPS) is 13.1. The van der Waals surface area contributed by atoms with Crippen molar-refractivity contribution < 1.29 is 18.3 Å². The van der Waals surface area contributed by atoms with Gasteiger partial charge in [-0.15, -0.1) is 0 Å². The zero-order chi connectivity index (χ0) is 57.6. The first kappa shape index (κ1) is 48.7. The van der Waals surface area contributed by atoms with Crippen molar-refractivity contribution in [1.29, 1.82) is 0 Å². The number of nitrogens with zero attached hydrogens (tertiary/aromatic N) is 4. The molecule has 0 saturated heterocycles. The molecule has 2 aromatic heterocycles. The van der Waals surface area contributed by atoms with Crippen LogP contribution >= 0.6 is 0 Å². The molecule has 0 bridgehead atoms. The summed E-state index contributed by atoms with van der Waals surface area (Å²) in [5.74, 6) is 3.06. The van der Waals surface area contributed by atoms with Gasteiger partial charge in [-0.3, -0.25) is 0 Å². The van der Waals surface area contributed by atoms with Crippen molar-refractivity contribution in [1.82, 2.24) is 0 Å². The first-order valence-electron chi connectivity index (χ1n) is 30.0. The second kappa shape index (κ2) is 18.9. The molecule has 6 heterocycles. The summed E-state index contributed by atoms with van der Waals surface area (Å²) in [6.07, 6.45) is 0. The molecule has 0 spiro atoms. The molecule has 0 saturated carbocycles. The Morgan fingerprint density at radius 1 is 0.273 bits per heavy atom. The minimum absolute atomic E-state index is 0.242.